The molecule has 0 N–H and O–H groups in total. The first-order valence-corrected chi connectivity index (χ1v) is 31.1. The molecule has 0 fully saturated rings. The highest BCUT2D eigenvalue weighted by atomic mass is 16.3. The summed E-state index contributed by atoms with van der Waals surface area (Å²) < 4.78 is 8.82. The summed E-state index contributed by atoms with van der Waals surface area (Å²) in [5.41, 5.74) is 28.4. The van der Waals surface area contributed by atoms with Crippen LogP contribution in [0.1, 0.15) is 105 Å². The Balaban J connectivity index is 1.02. The molecule has 0 saturated heterocycles. The van der Waals surface area contributed by atoms with Gasteiger partial charge in [-0.3, -0.25) is 0 Å². The second-order valence-electron chi connectivity index (χ2n) is 28.7. The molecule has 5 heteroatoms. The van der Waals surface area contributed by atoms with Crippen LogP contribution in [0.25, 0.3) is 82.8 Å². The molecule has 15 rings (SSSR count). The van der Waals surface area contributed by atoms with Crippen LogP contribution < -0.4 is 26.2 Å². The van der Waals surface area contributed by atoms with Crippen LogP contribution in [-0.4, -0.2) is 11.3 Å². The number of benzene rings is 11. The molecule has 4 heterocycles. The number of hydrogen-bond acceptors (Lipinski definition) is 3. The number of para-hydroxylation sites is 3. The molecule has 2 aromatic heterocycles. The molecular formula is C82H74BN3O. The molecule has 2 aliphatic rings. The zero-order valence-corrected chi connectivity index (χ0v) is 52.3. The molecule has 0 spiro atoms. The molecule has 0 aliphatic carbocycles. The third-order valence-corrected chi connectivity index (χ3v) is 18.8. The van der Waals surface area contributed by atoms with Gasteiger partial charge < -0.3 is 18.8 Å². The van der Waals surface area contributed by atoms with Gasteiger partial charge >= 0.3 is 0 Å². The highest BCUT2D eigenvalue weighted by molar-refractivity contribution is 7.00. The Morgan fingerprint density at radius 2 is 0.782 bits per heavy atom. The average molecular weight is 1130 g/mol. The van der Waals surface area contributed by atoms with Gasteiger partial charge in [-0.25, -0.2) is 0 Å². The van der Waals surface area contributed by atoms with Crippen molar-refractivity contribution in [3.63, 3.8) is 0 Å². The van der Waals surface area contributed by atoms with Gasteiger partial charge in [0.2, 0.25) is 0 Å². The van der Waals surface area contributed by atoms with Crippen LogP contribution in [0.4, 0.5) is 34.1 Å². The van der Waals surface area contributed by atoms with E-state index in [0.29, 0.717) is 0 Å². The van der Waals surface area contributed by atoms with E-state index in [1.54, 1.807) is 0 Å². The molecule has 13 aromatic rings. The molecule has 426 valence electrons. The predicted octanol–water partition coefficient (Wildman–Crippen LogP) is 21.0. The molecule has 2 aliphatic heterocycles. The van der Waals surface area contributed by atoms with Gasteiger partial charge in [-0.1, -0.05) is 217 Å². The molecule has 4 nitrogen and oxygen atoms in total. The van der Waals surface area contributed by atoms with Crippen molar-refractivity contribution >= 4 is 101 Å². The van der Waals surface area contributed by atoms with E-state index in [-0.39, 0.29) is 28.4 Å². The Morgan fingerprint density at radius 1 is 0.287 bits per heavy atom. The maximum absolute atomic E-state index is 6.41. The summed E-state index contributed by atoms with van der Waals surface area (Å²) in [5.74, 6) is 0. The van der Waals surface area contributed by atoms with Gasteiger partial charge in [0, 0.05) is 61.4 Å². The fourth-order valence-electron chi connectivity index (χ4n) is 13.9. The number of furan rings is 1. The standard InChI is InChI=1S/C82H74BN3O/c1-79(2,3)57-31-36-63(37-32-57)85-72-40-33-58(80(4,5)6)50-69(72)83-68-38-28-54(52-30-41-77-67(45-52)65-23-17-19-25-76(65)87-77)46-73(68)86(62-34-26-51(27-35-62)55-42-59(81(7,8)9)49-60(43-55)82(10,11)12)75-48-56(47-74(85)78(75)83)53-29-39-71-66(44-53)64-22-16-18-24-70(64)84(71)61-20-14-13-15-21-61/h13-50H,1-12H3. The van der Waals surface area contributed by atoms with E-state index in [1.807, 2.05) is 0 Å². The highest BCUT2D eigenvalue weighted by Crippen LogP contribution is 2.49. The summed E-state index contributed by atoms with van der Waals surface area (Å²) in [6, 6.07) is 87.6. The summed E-state index contributed by atoms with van der Waals surface area (Å²) in [4.78, 5) is 5.17. The molecule has 0 atom stereocenters. The molecule has 0 bridgehead atoms. The number of aromatic nitrogens is 1. The van der Waals surface area contributed by atoms with Gasteiger partial charge in [0.25, 0.3) is 6.71 Å². The van der Waals surface area contributed by atoms with E-state index in [9.17, 15) is 0 Å². The molecular weight excluding hydrogens is 1050 g/mol. The quantitative estimate of drug-likeness (QED) is 0.155. The SMILES string of the molecule is CC(C)(C)c1ccc(N2c3ccc(C(C)(C)C)cc3B3c4ccc(-c5ccc6oc7ccccc7c6c5)cc4N(c4ccc(-c5cc(C(C)(C)C)cc(C(C)(C)C)c5)cc4)c4cc(-c5ccc6c(c5)c5ccccc5n6-c5ccccc5)cc2c43)cc1. The number of anilines is 6. The van der Waals surface area contributed by atoms with Crippen molar-refractivity contribution in [2.24, 2.45) is 0 Å². The van der Waals surface area contributed by atoms with Gasteiger partial charge in [-0.2, -0.15) is 0 Å². The second-order valence-corrected chi connectivity index (χ2v) is 28.7. The van der Waals surface area contributed by atoms with Crippen LogP contribution in [0, 0.1) is 0 Å². The van der Waals surface area contributed by atoms with Crippen LogP contribution in [0.5, 0.6) is 0 Å². The first-order valence-electron chi connectivity index (χ1n) is 31.1. The summed E-state index contributed by atoms with van der Waals surface area (Å²) in [6.45, 7) is 27.8. The second kappa shape index (κ2) is 19.6. The van der Waals surface area contributed by atoms with Crippen molar-refractivity contribution in [3.05, 3.63) is 253 Å². The number of hydrogen-bond donors (Lipinski definition) is 0. The highest BCUT2D eigenvalue weighted by Gasteiger charge is 2.44. The van der Waals surface area contributed by atoms with Gasteiger partial charge in [0.1, 0.15) is 11.2 Å². The van der Waals surface area contributed by atoms with E-state index in [4.69, 9.17) is 4.42 Å². The van der Waals surface area contributed by atoms with Crippen molar-refractivity contribution in [1.82, 2.24) is 4.57 Å². The first kappa shape index (κ1) is 54.3. The molecule has 0 saturated carbocycles. The zero-order valence-electron chi connectivity index (χ0n) is 52.3. The van der Waals surface area contributed by atoms with E-state index < -0.39 is 0 Å². The van der Waals surface area contributed by atoms with Crippen molar-refractivity contribution in [2.45, 2.75) is 105 Å². The Bertz CT molecular complexity index is 4870. The lowest BCUT2D eigenvalue weighted by molar-refractivity contribution is 0.569. The van der Waals surface area contributed by atoms with Crippen molar-refractivity contribution in [2.75, 3.05) is 9.80 Å². The van der Waals surface area contributed by atoms with E-state index in [1.165, 1.54) is 94.3 Å². The summed E-state index contributed by atoms with van der Waals surface area (Å²) >= 11 is 0. The van der Waals surface area contributed by atoms with Crippen LogP contribution >= 0.6 is 0 Å². The van der Waals surface area contributed by atoms with E-state index in [0.717, 1.165) is 61.3 Å². The third-order valence-electron chi connectivity index (χ3n) is 18.8. The van der Waals surface area contributed by atoms with Gasteiger partial charge in [0.05, 0.1) is 11.0 Å². The minimum Gasteiger partial charge on any atom is -0.456 e. The lowest BCUT2D eigenvalue weighted by atomic mass is 9.33. The van der Waals surface area contributed by atoms with Crippen LogP contribution in [0.2, 0.25) is 0 Å². The summed E-state index contributed by atoms with van der Waals surface area (Å²) in [6.07, 6.45) is 0. The average Bonchev–Trinajstić information content (AvgIpc) is 1.37. The molecule has 87 heavy (non-hydrogen) atoms. The van der Waals surface area contributed by atoms with Crippen molar-refractivity contribution < 1.29 is 4.42 Å². The number of nitrogens with zero attached hydrogens (tertiary/aromatic N) is 3. The third kappa shape index (κ3) is 9.11. The topological polar surface area (TPSA) is 24.6 Å². The predicted molar refractivity (Wildman–Crippen MR) is 373 cm³/mol. The number of rotatable bonds is 6. The fourth-order valence-corrected chi connectivity index (χ4v) is 13.9. The molecule has 0 unspecified atom stereocenters. The van der Waals surface area contributed by atoms with Crippen LogP contribution in [0.15, 0.2) is 235 Å². The largest absolute Gasteiger partial charge is 0.456 e. The zero-order chi connectivity index (χ0) is 60.1. The Morgan fingerprint density at radius 3 is 1.46 bits per heavy atom. The van der Waals surface area contributed by atoms with Crippen molar-refractivity contribution in [1.29, 1.82) is 0 Å². The normalized spacial score (nSPS) is 13.4. The van der Waals surface area contributed by atoms with E-state index in [2.05, 4.69) is 328 Å². The molecule has 11 aromatic carbocycles. The first-order chi connectivity index (χ1) is 41.6. The fraction of sp³-hybridized carbons (Fsp3) is 0.195. The van der Waals surface area contributed by atoms with Gasteiger partial charge in [-0.15, -0.1) is 0 Å². The number of fused-ring (bicyclic) bond motifs is 10. The van der Waals surface area contributed by atoms with Crippen molar-refractivity contribution in [3.8, 4) is 39.1 Å². The Hall–Kier alpha value is -9.32. The van der Waals surface area contributed by atoms with Crippen LogP contribution in [0.3, 0.4) is 0 Å². The monoisotopic (exact) mass is 1130 g/mol. The van der Waals surface area contributed by atoms with Gasteiger partial charge in [-0.05, 0) is 191 Å². The minimum atomic E-state index is -0.0893. The summed E-state index contributed by atoms with van der Waals surface area (Å²) in [7, 11) is 0. The lowest BCUT2D eigenvalue weighted by Gasteiger charge is -2.45. The Labute approximate surface area is 513 Å². The lowest BCUT2D eigenvalue weighted by Crippen LogP contribution is -2.61. The van der Waals surface area contributed by atoms with Gasteiger partial charge in [0.15, 0.2) is 0 Å². The minimum absolute atomic E-state index is 0.00660. The van der Waals surface area contributed by atoms with E-state index >= 15 is 0 Å². The maximum atomic E-state index is 6.41. The molecule has 0 radical (unpaired) electrons. The molecule has 0 amide bonds. The smallest absolute Gasteiger partial charge is 0.252 e. The Kier molecular flexibility index (Phi) is 12.2. The summed E-state index contributed by atoms with van der Waals surface area (Å²) in [5, 5.41) is 4.70. The maximum Gasteiger partial charge on any atom is 0.252 e. The van der Waals surface area contributed by atoms with Crippen LogP contribution in [-0.2, 0) is 21.7 Å².